The standard InChI is InChI=1S/C24H38O2.C2H6O2/c1-2-3-4-5-6-7-8-9-10-11-12-13-14-15-19-22-24(25)26-23-20-17-16-18-21-23;3-1-2-4/h9-10,16-18,20-21H,2-8,11-15,19,22H2,1H3;3-4H,1-2H2. The monoisotopic (exact) mass is 420 g/mol. The largest absolute Gasteiger partial charge is 0.427 e. The van der Waals surface area contributed by atoms with E-state index in [9.17, 15) is 4.79 Å². The lowest BCUT2D eigenvalue weighted by Gasteiger charge is -2.04. The zero-order valence-electron chi connectivity index (χ0n) is 19.1. The Bertz CT molecular complexity index is 497. The number of para-hydroxylation sites is 1. The number of hydrogen-bond acceptors (Lipinski definition) is 4. The Morgan fingerprint density at radius 2 is 1.27 bits per heavy atom. The molecule has 0 radical (unpaired) electrons. The minimum Gasteiger partial charge on any atom is -0.427 e. The molecule has 4 heteroatoms. The van der Waals surface area contributed by atoms with Crippen LogP contribution in [0.25, 0.3) is 0 Å². The van der Waals surface area contributed by atoms with E-state index in [1.165, 1.54) is 70.6 Å². The first-order valence-electron chi connectivity index (χ1n) is 11.9. The summed E-state index contributed by atoms with van der Waals surface area (Å²) in [4.78, 5) is 11.7. The summed E-state index contributed by atoms with van der Waals surface area (Å²) in [7, 11) is 0. The van der Waals surface area contributed by atoms with E-state index in [0.29, 0.717) is 12.2 Å². The van der Waals surface area contributed by atoms with E-state index >= 15 is 0 Å². The molecule has 0 spiro atoms. The smallest absolute Gasteiger partial charge is 0.311 e. The molecule has 0 saturated carbocycles. The molecule has 0 aromatic heterocycles. The quantitative estimate of drug-likeness (QED) is 0.129. The average Bonchev–Trinajstić information content (AvgIpc) is 2.77. The zero-order chi connectivity index (χ0) is 22.1. The number of carbonyl (C=O) groups is 1. The number of hydrogen-bond donors (Lipinski definition) is 2. The van der Waals surface area contributed by atoms with E-state index in [0.717, 1.165) is 12.8 Å². The molecule has 0 unspecified atom stereocenters. The van der Waals surface area contributed by atoms with Gasteiger partial charge in [-0.25, -0.2) is 0 Å². The number of rotatable bonds is 17. The Morgan fingerprint density at radius 3 is 1.80 bits per heavy atom. The van der Waals surface area contributed by atoms with Crippen LogP contribution in [-0.2, 0) is 4.79 Å². The molecule has 0 bridgehead atoms. The maximum Gasteiger partial charge on any atom is 0.311 e. The maximum atomic E-state index is 11.7. The van der Waals surface area contributed by atoms with E-state index in [-0.39, 0.29) is 19.2 Å². The van der Waals surface area contributed by atoms with Gasteiger partial charge in [-0.15, -0.1) is 0 Å². The fourth-order valence-electron chi connectivity index (χ4n) is 3.01. The SMILES string of the molecule is CCCCCCCCC=CCCCCCCCC(=O)Oc1ccccc1.OCCO. The molecule has 0 aliphatic rings. The first-order valence-corrected chi connectivity index (χ1v) is 11.9. The summed E-state index contributed by atoms with van der Waals surface area (Å²) in [5.41, 5.74) is 0. The Morgan fingerprint density at radius 1 is 0.767 bits per heavy atom. The molecule has 30 heavy (non-hydrogen) atoms. The molecule has 0 aliphatic carbocycles. The molecule has 0 saturated heterocycles. The third kappa shape index (κ3) is 21.1. The molecular weight excluding hydrogens is 376 g/mol. The highest BCUT2D eigenvalue weighted by molar-refractivity contribution is 5.72. The lowest BCUT2D eigenvalue weighted by molar-refractivity contribution is -0.134. The fraction of sp³-hybridized carbons (Fsp3) is 0.654. The minimum absolute atomic E-state index is 0.117. The second kappa shape index (κ2) is 23.6. The van der Waals surface area contributed by atoms with Crippen LogP contribution in [0.1, 0.15) is 96.8 Å². The van der Waals surface area contributed by atoms with Gasteiger partial charge in [0.25, 0.3) is 0 Å². The van der Waals surface area contributed by atoms with Crippen molar-refractivity contribution in [2.75, 3.05) is 13.2 Å². The van der Waals surface area contributed by atoms with Crippen LogP contribution in [0, 0.1) is 0 Å². The second-order valence-electron chi connectivity index (χ2n) is 7.57. The molecule has 0 atom stereocenters. The summed E-state index contributed by atoms with van der Waals surface area (Å²) < 4.78 is 5.29. The van der Waals surface area contributed by atoms with Crippen LogP contribution in [0.4, 0.5) is 0 Å². The summed E-state index contributed by atoms with van der Waals surface area (Å²) in [5.74, 6) is 0.527. The van der Waals surface area contributed by atoms with Gasteiger partial charge in [0, 0.05) is 6.42 Å². The number of esters is 1. The number of carbonyl (C=O) groups excluding carboxylic acids is 1. The topological polar surface area (TPSA) is 66.8 Å². The van der Waals surface area contributed by atoms with Crippen LogP contribution in [0.3, 0.4) is 0 Å². The third-order valence-electron chi connectivity index (χ3n) is 4.72. The molecular formula is C26H44O4. The van der Waals surface area contributed by atoms with Crippen molar-refractivity contribution in [3.05, 3.63) is 42.5 Å². The van der Waals surface area contributed by atoms with E-state index in [1.807, 2.05) is 30.3 Å². The summed E-state index contributed by atoms with van der Waals surface area (Å²) in [5, 5.41) is 15.2. The van der Waals surface area contributed by atoms with Gasteiger partial charge in [0.1, 0.15) is 5.75 Å². The zero-order valence-corrected chi connectivity index (χ0v) is 19.1. The molecule has 2 N–H and O–H groups in total. The number of ether oxygens (including phenoxy) is 1. The highest BCUT2D eigenvalue weighted by Gasteiger charge is 2.03. The van der Waals surface area contributed by atoms with Crippen molar-refractivity contribution in [1.82, 2.24) is 0 Å². The minimum atomic E-state index is -0.125. The first kappa shape index (κ1) is 28.4. The molecule has 4 nitrogen and oxygen atoms in total. The average molecular weight is 421 g/mol. The maximum absolute atomic E-state index is 11.7. The summed E-state index contributed by atoms with van der Waals surface area (Å²) in [6.07, 6.45) is 21.7. The van der Waals surface area contributed by atoms with Crippen molar-refractivity contribution in [3.8, 4) is 5.75 Å². The number of allylic oxidation sites excluding steroid dienone is 2. The molecule has 1 rings (SSSR count). The van der Waals surface area contributed by atoms with Crippen molar-refractivity contribution in [2.45, 2.75) is 96.8 Å². The predicted octanol–water partition coefficient (Wildman–Crippen LogP) is 6.60. The van der Waals surface area contributed by atoms with Crippen LogP contribution in [-0.4, -0.2) is 29.4 Å². The van der Waals surface area contributed by atoms with Gasteiger partial charge in [-0.3, -0.25) is 4.79 Å². The molecule has 0 amide bonds. The van der Waals surface area contributed by atoms with Gasteiger partial charge in [0.15, 0.2) is 0 Å². The number of aliphatic hydroxyl groups is 2. The molecule has 0 fully saturated rings. The van der Waals surface area contributed by atoms with Gasteiger partial charge in [0.2, 0.25) is 0 Å². The van der Waals surface area contributed by atoms with Gasteiger partial charge in [0.05, 0.1) is 13.2 Å². The van der Waals surface area contributed by atoms with Crippen molar-refractivity contribution in [2.24, 2.45) is 0 Å². The molecule has 1 aromatic rings. The van der Waals surface area contributed by atoms with Gasteiger partial charge >= 0.3 is 5.97 Å². The summed E-state index contributed by atoms with van der Waals surface area (Å²) >= 11 is 0. The highest BCUT2D eigenvalue weighted by atomic mass is 16.5. The van der Waals surface area contributed by atoms with Crippen LogP contribution in [0.2, 0.25) is 0 Å². The Hall–Kier alpha value is -1.65. The number of unbranched alkanes of at least 4 members (excludes halogenated alkanes) is 11. The van der Waals surface area contributed by atoms with E-state index in [2.05, 4.69) is 19.1 Å². The van der Waals surface area contributed by atoms with Gasteiger partial charge in [-0.1, -0.05) is 88.6 Å². The Labute approximate surface area is 184 Å². The third-order valence-corrected chi connectivity index (χ3v) is 4.72. The van der Waals surface area contributed by atoms with Crippen molar-refractivity contribution in [3.63, 3.8) is 0 Å². The predicted molar refractivity (Wildman–Crippen MR) is 126 cm³/mol. The lowest BCUT2D eigenvalue weighted by Crippen LogP contribution is -2.07. The van der Waals surface area contributed by atoms with Gasteiger partial charge in [-0.2, -0.15) is 0 Å². The molecule has 0 aliphatic heterocycles. The lowest BCUT2D eigenvalue weighted by atomic mass is 10.1. The van der Waals surface area contributed by atoms with Crippen LogP contribution >= 0.6 is 0 Å². The van der Waals surface area contributed by atoms with Crippen LogP contribution in [0.5, 0.6) is 5.75 Å². The van der Waals surface area contributed by atoms with Gasteiger partial charge < -0.3 is 14.9 Å². The highest BCUT2D eigenvalue weighted by Crippen LogP contribution is 2.12. The second-order valence-corrected chi connectivity index (χ2v) is 7.57. The summed E-state index contributed by atoms with van der Waals surface area (Å²) in [6.45, 7) is 2.02. The normalized spacial score (nSPS) is 10.6. The van der Waals surface area contributed by atoms with Crippen molar-refractivity contribution >= 4 is 5.97 Å². The van der Waals surface area contributed by atoms with Crippen LogP contribution < -0.4 is 4.74 Å². The summed E-state index contributed by atoms with van der Waals surface area (Å²) in [6, 6.07) is 9.31. The first-order chi connectivity index (χ1) is 14.7. The van der Waals surface area contributed by atoms with Crippen molar-refractivity contribution in [1.29, 1.82) is 0 Å². The Kier molecular flexibility index (Phi) is 22.3. The number of aliphatic hydroxyl groups excluding tert-OH is 2. The molecule has 0 heterocycles. The van der Waals surface area contributed by atoms with Crippen molar-refractivity contribution < 1.29 is 19.7 Å². The molecule has 1 aromatic carbocycles. The molecule has 172 valence electrons. The van der Waals surface area contributed by atoms with E-state index in [4.69, 9.17) is 14.9 Å². The fourth-order valence-corrected chi connectivity index (χ4v) is 3.01. The van der Waals surface area contributed by atoms with E-state index in [1.54, 1.807) is 0 Å². The Balaban J connectivity index is 0.00000192. The van der Waals surface area contributed by atoms with Crippen LogP contribution in [0.15, 0.2) is 42.5 Å². The number of benzene rings is 1. The van der Waals surface area contributed by atoms with E-state index < -0.39 is 0 Å². The van der Waals surface area contributed by atoms with Gasteiger partial charge in [-0.05, 0) is 44.2 Å².